The van der Waals surface area contributed by atoms with Gasteiger partial charge in [0.05, 0.1) is 24.4 Å². The van der Waals surface area contributed by atoms with E-state index in [0.29, 0.717) is 27.8 Å². The first-order valence-corrected chi connectivity index (χ1v) is 7.90. The number of hydrogen-bond acceptors (Lipinski definition) is 5. The molecule has 3 rings (SSSR count). The van der Waals surface area contributed by atoms with Gasteiger partial charge in [0, 0.05) is 29.0 Å². The molecule has 1 aromatic carbocycles. The third kappa shape index (κ3) is 3.82. The molecule has 0 saturated heterocycles. The lowest BCUT2D eigenvalue weighted by molar-refractivity contribution is 0.393. The highest BCUT2D eigenvalue weighted by atomic mass is 35.5. The highest BCUT2D eigenvalue weighted by Crippen LogP contribution is 2.39. The highest BCUT2D eigenvalue weighted by molar-refractivity contribution is 6.33. The topological polar surface area (TPSA) is 68.0 Å². The predicted molar refractivity (Wildman–Crippen MR) is 95.3 cm³/mol. The Morgan fingerprint density at radius 2 is 1.84 bits per heavy atom. The number of nitriles is 1. The molecule has 0 spiro atoms. The molecule has 0 fully saturated rings. The number of aromatic nitrogens is 2. The van der Waals surface area contributed by atoms with Gasteiger partial charge in [0.15, 0.2) is 5.75 Å². The van der Waals surface area contributed by atoms with Crippen LogP contribution in [-0.4, -0.2) is 17.1 Å². The Hall–Kier alpha value is -2.81. The molecule has 0 aliphatic heterocycles. The van der Waals surface area contributed by atoms with Crippen molar-refractivity contribution in [2.24, 2.45) is 0 Å². The van der Waals surface area contributed by atoms with Crippen molar-refractivity contribution in [3.05, 3.63) is 64.4 Å². The summed E-state index contributed by atoms with van der Waals surface area (Å²) in [5.74, 6) is 0.958. The number of pyridine rings is 2. The zero-order chi connectivity index (χ0) is 17.8. The summed E-state index contributed by atoms with van der Waals surface area (Å²) in [6.45, 7) is 0. The second-order valence-electron chi connectivity index (χ2n) is 4.95. The quantitative estimate of drug-likeness (QED) is 0.636. The molecule has 0 unspecified atom stereocenters. The first-order chi connectivity index (χ1) is 12.1. The Balaban J connectivity index is 2.07. The summed E-state index contributed by atoms with van der Waals surface area (Å²) in [4.78, 5) is 8.36. The Bertz CT molecular complexity index is 957. The summed E-state index contributed by atoms with van der Waals surface area (Å²) in [5.41, 5.74) is 1.83. The first-order valence-electron chi connectivity index (χ1n) is 7.14. The van der Waals surface area contributed by atoms with Gasteiger partial charge in [0.2, 0.25) is 5.88 Å². The van der Waals surface area contributed by atoms with Crippen molar-refractivity contribution in [3.63, 3.8) is 0 Å². The molecule has 2 heterocycles. The lowest BCUT2D eigenvalue weighted by Gasteiger charge is -2.13. The fraction of sp³-hybridized carbons (Fsp3) is 0.0556. The number of halogens is 2. The minimum absolute atomic E-state index is 0.221. The van der Waals surface area contributed by atoms with Gasteiger partial charge in [-0.3, -0.25) is 4.98 Å². The van der Waals surface area contributed by atoms with Crippen LogP contribution in [0.25, 0.3) is 11.3 Å². The van der Waals surface area contributed by atoms with E-state index in [1.165, 1.54) is 7.11 Å². The number of nitrogens with zero attached hydrogens (tertiary/aromatic N) is 3. The zero-order valence-electron chi connectivity index (χ0n) is 13.0. The van der Waals surface area contributed by atoms with Crippen molar-refractivity contribution < 1.29 is 9.47 Å². The van der Waals surface area contributed by atoms with E-state index < -0.39 is 0 Å². The maximum atomic E-state index is 9.06. The Morgan fingerprint density at radius 1 is 1.08 bits per heavy atom. The van der Waals surface area contributed by atoms with Gasteiger partial charge in [-0.15, -0.1) is 0 Å². The van der Waals surface area contributed by atoms with E-state index in [2.05, 4.69) is 9.97 Å². The molecule has 0 bridgehead atoms. The summed E-state index contributed by atoms with van der Waals surface area (Å²) in [7, 11) is 1.47. The van der Waals surface area contributed by atoms with Crippen LogP contribution < -0.4 is 9.47 Å². The van der Waals surface area contributed by atoms with Crippen LogP contribution in [0, 0.1) is 11.3 Å². The minimum Gasteiger partial charge on any atom is -0.480 e. The van der Waals surface area contributed by atoms with Crippen LogP contribution in [0.4, 0.5) is 0 Å². The number of hydrogen-bond donors (Lipinski definition) is 0. The smallest absolute Gasteiger partial charge is 0.236 e. The molecule has 25 heavy (non-hydrogen) atoms. The van der Waals surface area contributed by atoms with E-state index in [9.17, 15) is 0 Å². The molecule has 0 atom stereocenters. The van der Waals surface area contributed by atoms with E-state index in [-0.39, 0.29) is 10.9 Å². The van der Waals surface area contributed by atoms with Crippen LogP contribution in [0.3, 0.4) is 0 Å². The normalized spacial score (nSPS) is 10.2. The number of rotatable bonds is 4. The predicted octanol–water partition coefficient (Wildman–Crippen LogP) is 5.12. The molecule has 0 radical (unpaired) electrons. The fourth-order valence-electron chi connectivity index (χ4n) is 2.18. The summed E-state index contributed by atoms with van der Waals surface area (Å²) in [6.07, 6.45) is 3.32. The molecule has 7 heteroatoms. The molecule has 5 nitrogen and oxygen atoms in total. The van der Waals surface area contributed by atoms with Crippen molar-refractivity contribution >= 4 is 23.2 Å². The molecular formula is C18H11Cl2N3O2. The van der Waals surface area contributed by atoms with E-state index in [0.717, 1.165) is 5.56 Å². The van der Waals surface area contributed by atoms with Gasteiger partial charge in [-0.2, -0.15) is 5.26 Å². The van der Waals surface area contributed by atoms with Crippen molar-refractivity contribution in [2.75, 3.05) is 7.11 Å². The summed E-state index contributed by atoms with van der Waals surface area (Å²) < 4.78 is 11.1. The second-order valence-corrected chi connectivity index (χ2v) is 5.77. The van der Waals surface area contributed by atoms with E-state index >= 15 is 0 Å². The zero-order valence-corrected chi connectivity index (χ0v) is 14.5. The third-order valence-electron chi connectivity index (χ3n) is 3.29. The van der Waals surface area contributed by atoms with Crippen LogP contribution >= 0.6 is 23.2 Å². The average Bonchev–Trinajstić information content (AvgIpc) is 2.63. The number of ether oxygens (including phenoxy) is 2. The van der Waals surface area contributed by atoms with Gasteiger partial charge in [0.1, 0.15) is 10.8 Å². The maximum Gasteiger partial charge on any atom is 0.236 e. The molecule has 3 aromatic rings. The van der Waals surface area contributed by atoms with Crippen LogP contribution in [0.1, 0.15) is 5.56 Å². The molecule has 0 aliphatic carbocycles. The van der Waals surface area contributed by atoms with E-state index in [4.69, 9.17) is 37.9 Å². The number of benzene rings is 1. The van der Waals surface area contributed by atoms with Gasteiger partial charge >= 0.3 is 0 Å². The van der Waals surface area contributed by atoms with Gasteiger partial charge in [0.25, 0.3) is 0 Å². The van der Waals surface area contributed by atoms with Gasteiger partial charge in [-0.05, 0) is 30.3 Å². The molecular weight excluding hydrogens is 361 g/mol. The highest BCUT2D eigenvalue weighted by Gasteiger charge is 2.15. The fourth-order valence-corrected chi connectivity index (χ4v) is 2.61. The van der Waals surface area contributed by atoms with Crippen molar-refractivity contribution in [1.82, 2.24) is 9.97 Å². The standard InChI is InChI=1S/C18H11Cl2N3O2/c1-24-18-17(20)16(9-15(23-18)12-2-4-22-5-3-12)25-14-7-11(10-21)6-13(19)8-14/h2-9H,1H3. The maximum absolute atomic E-state index is 9.06. The van der Waals surface area contributed by atoms with Crippen LogP contribution in [0.5, 0.6) is 17.4 Å². The SMILES string of the molecule is COc1nc(-c2ccncc2)cc(Oc2cc(Cl)cc(C#N)c2)c1Cl. The summed E-state index contributed by atoms with van der Waals surface area (Å²) >= 11 is 12.3. The van der Waals surface area contributed by atoms with Gasteiger partial charge in [-0.25, -0.2) is 4.98 Å². The first kappa shape index (κ1) is 17.0. The third-order valence-corrected chi connectivity index (χ3v) is 3.86. The lowest BCUT2D eigenvalue weighted by Crippen LogP contribution is -1.95. The van der Waals surface area contributed by atoms with Crippen molar-refractivity contribution in [3.8, 4) is 34.7 Å². The van der Waals surface area contributed by atoms with E-state index in [1.807, 2.05) is 18.2 Å². The molecule has 2 aromatic heterocycles. The largest absolute Gasteiger partial charge is 0.480 e. The molecule has 0 N–H and O–H groups in total. The molecule has 0 aliphatic rings. The Labute approximate surface area is 154 Å². The van der Waals surface area contributed by atoms with Crippen molar-refractivity contribution in [1.29, 1.82) is 5.26 Å². The van der Waals surface area contributed by atoms with Gasteiger partial charge < -0.3 is 9.47 Å². The average molecular weight is 372 g/mol. The monoisotopic (exact) mass is 371 g/mol. The van der Waals surface area contributed by atoms with Gasteiger partial charge in [-0.1, -0.05) is 23.2 Å². The minimum atomic E-state index is 0.221. The molecule has 0 amide bonds. The van der Waals surface area contributed by atoms with Crippen molar-refractivity contribution in [2.45, 2.75) is 0 Å². The van der Waals surface area contributed by atoms with Crippen LogP contribution in [-0.2, 0) is 0 Å². The Kier molecular flexibility index (Phi) is 5.03. The van der Waals surface area contributed by atoms with Crippen LogP contribution in [0.15, 0.2) is 48.8 Å². The Morgan fingerprint density at radius 3 is 2.52 bits per heavy atom. The summed E-state index contributed by atoms with van der Waals surface area (Å²) in [5, 5.41) is 9.67. The molecule has 124 valence electrons. The van der Waals surface area contributed by atoms with E-state index in [1.54, 1.807) is 36.7 Å². The number of methoxy groups -OCH3 is 1. The second kappa shape index (κ2) is 7.39. The molecule has 0 saturated carbocycles. The summed E-state index contributed by atoms with van der Waals surface area (Å²) in [6, 6.07) is 12.1. The van der Waals surface area contributed by atoms with Crippen LogP contribution in [0.2, 0.25) is 10.0 Å². The lowest BCUT2D eigenvalue weighted by atomic mass is 10.2.